The van der Waals surface area contributed by atoms with E-state index < -0.39 is 6.10 Å². The molecule has 0 saturated carbocycles. The third-order valence-electron chi connectivity index (χ3n) is 2.95. The third-order valence-corrected chi connectivity index (χ3v) is 4.37. The van der Waals surface area contributed by atoms with Crippen LogP contribution >= 0.6 is 22.9 Å². The van der Waals surface area contributed by atoms with Gasteiger partial charge in [-0.05, 0) is 28.1 Å². The van der Waals surface area contributed by atoms with E-state index in [2.05, 4.69) is 0 Å². The first-order valence-corrected chi connectivity index (χ1v) is 6.62. The minimum absolute atomic E-state index is 0.624. The number of hydrogen-bond acceptors (Lipinski definition) is 3. The van der Waals surface area contributed by atoms with E-state index >= 15 is 0 Å². The number of benzene rings is 1. The first-order valence-electron chi connectivity index (χ1n) is 5.36. The van der Waals surface area contributed by atoms with Crippen LogP contribution in [0.5, 0.6) is 0 Å². The topological polar surface area (TPSA) is 29.5 Å². The van der Waals surface area contributed by atoms with E-state index in [0.29, 0.717) is 18.2 Å². The molecule has 1 aliphatic heterocycles. The molecule has 1 aromatic heterocycles. The highest BCUT2D eigenvalue weighted by atomic mass is 35.5. The van der Waals surface area contributed by atoms with Crippen LogP contribution in [0.3, 0.4) is 0 Å². The Hall–Kier alpha value is -0.870. The second-order valence-corrected chi connectivity index (χ2v) is 5.41. The van der Waals surface area contributed by atoms with Crippen LogP contribution in [0.2, 0.25) is 5.02 Å². The van der Waals surface area contributed by atoms with E-state index in [1.807, 2.05) is 23.6 Å². The van der Waals surface area contributed by atoms with Gasteiger partial charge in [-0.25, -0.2) is 0 Å². The van der Waals surface area contributed by atoms with Gasteiger partial charge in [0.1, 0.15) is 6.10 Å². The normalized spacial score (nSPS) is 15.9. The van der Waals surface area contributed by atoms with Crippen LogP contribution in [-0.2, 0) is 18.0 Å². The number of rotatable bonds is 2. The maximum absolute atomic E-state index is 10.3. The fraction of sp³-hybridized carbons (Fsp3) is 0.231. The molecule has 0 bridgehead atoms. The number of aliphatic hydroxyl groups excluding tert-OH is 1. The summed E-state index contributed by atoms with van der Waals surface area (Å²) in [6.45, 7) is 1.31. The lowest BCUT2D eigenvalue weighted by atomic mass is 10.0. The predicted molar refractivity (Wildman–Crippen MR) is 68.3 cm³/mol. The zero-order valence-electron chi connectivity index (χ0n) is 9.02. The van der Waals surface area contributed by atoms with E-state index in [-0.39, 0.29) is 0 Å². The Morgan fingerprint density at radius 2 is 2.06 bits per heavy atom. The molecule has 1 unspecified atom stereocenters. The predicted octanol–water partition coefficient (Wildman–Crippen LogP) is 3.51. The van der Waals surface area contributed by atoms with Crippen molar-refractivity contribution < 1.29 is 9.84 Å². The maximum atomic E-state index is 10.3. The van der Waals surface area contributed by atoms with Crippen molar-refractivity contribution >= 4 is 22.9 Å². The van der Waals surface area contributed by atoms with Crippen molar-refractivity contribution in [2.24, 2.45) is 0 Å². The van der Waals surface area contributed by atoms with Gasteiger partial charge in [-0.1, -0.05) is 29.8 Å². The molecule has 0 fully saturated rings. The second-order valence-electron chi connectivity index (χ2n) is 4.06. The minimum Gasteiger partial charge on any atom is -0.383 e. The van der Waals surface area contributed by atoms with Crippen LogP contribution < -0.4 is 0 Å². The molecule has 0 radical (unpaired) electrons. The highest BCUT2D eigenvalue weighted by Crippen LogP contribution is 2.34. The highest BCUT2D eigenvalue weighted by molar-refractivity contribution is 7.10. The molecule has 17 heavy (non-hydrogen) atoms. The molecule has 2 aromatic rings. The van der Waals surface area contributed by atoms with Crippen LogP contribution in [0.25, 0.3) is 0 Å². The number of ether oxygens (including phenoxy) is 1. The average molecular weight is 267 g/mol. The summed E-state index contributed by atoms with van der Waals surface area (Å²) in [4.78, 5) is 0.797. The zero-order valence-corrected chi connectivity index (χ0v) is 10.6. The monoisotopic (exact) mass is 266 g/mol. The molecule has 0 amide bonds. The smallest absolute Gasteiger partial charge is 0.115 e. The number of aliphatic hydroxyl groups is 1. The van der Waals surface area contributed by atoms with Crippen molar-refractivity contribution in [1.82, 2.24) is 0 Å². The van der Waals surface area contributed by atoms with Gasteiger partial charge in [0.15, 0.2) is 0 Å². The van der Waals surface area contributed by atoms with E-state index in [1.54, 1.807) is 6.07 Å². The molecule has 0 aliphatic carbocycles. The first kappa shape index (κ1) is 11.2. The van der Waals surface area contributed by atoms with E-state index in [4.69, 9.17) is 16.3 Å². The molecular weight excluding hydrogens is 256 g/mol. The maximum Gasteiger partial charge on any atom is 0.115 e. The number of thiophene rings is 1. The molecule has 0 spiro atoms. The second kappa shape index (κ2) is 4.42. The molecule has 4 heteroatoms. The standard InChI is InChI=1S/C13H11ClO2S/c14-11-3-4-17-13(11)12(15)8-1-2-9-6-16-7-10(9)5-8/h1-5,12,15H,6-7H2. The van der Waals surface area contributed by atoms with Gasteiger partial charge < -0.3 is 9.84 Å². The van der Waals surface area contributed by atoms with Crippen molar-refractivity contribution in [3.05, 3.63) is 56.2 Å². The third kappa shape index (κ3) is 2.00. The molecular formula is C13H11ClO2S. The van der Waals surface area contributed by atoms with Crippen molar-refractivity contribution in [2.45, 2.75) is 19.3 Å². The summed E-state index contributed by atoms with van der Waals surface area (Å²) >= 11 is 7.50. The largest absolute Gasteiger partial charge is 0.383 e. The zero-order chi connectivity index (χ0) is 11.8. The van der Waals surface area contributed by atoms with Crippen LogP contribution in [0, 0.1) is 0 Å². The summed E-state index contributed by atoms with van der Waals surface area (Å²) in [6.07, 6.45) is -0.645. The summed E-state index contributed by atoms with van der Waals surface area (Å²) in [5.41, 5.74) is 3.24. The SMILES string of the molecule is OC(c1ccc2c(c1)COC2)c1sccc1Cl. The molecule has 0 saturated heterocycles. The highest BCUT2D eigenvalue weighted by Gasteiger charge is 2.18. The number of halogens is 1. The fourth-order valence-electron chi connectivity index (χ4n) is 2.01. The Labute approximate surface area is 108 Å². The lowest BCUT2D eigenvalue weighted by molar-refractivity contribution is 0.134. The van der Waals surface area contributed by atoms with Gasteiger partial charge in [0.2, 0.25) is 0 Å². The molecule has 1 aromatic carbocycles. The van der Waals surface area contributed by atoms with Crippen LogP contribution in [0.15, 0.2) is 29.6 Å². The van der Waals surface area contributed by atoms with Crippen molar-refractivity contribution in [1.29, 1.82) is 0 Å². The van der Waals surface area contributed by atoms with Crippen LogP contribution in [0.4, 0.5) is 0 Å². The van der Waals surface area contributed by atoms with Gasteiger partial charge in [-0.15, -0.1) is 11.3 Å². The fourth-order valence-corrected chi connectivity index (χ4v) is 3.18. The summed E-state index contributed by atoms with van der Waals surface area (Å²) in [7, 11) is 0. The van der Waals surface area contributed by atoms with E-state index in [9.17, 15) is 5.11 Å². The number of hydrogen-bond donors (Lipinski definition) is 1. The summed E-state index contributed by atoms with van der Waals surface area (Å²) < 4.78 is 5.36. The molecule has 2 nitrogen and oxygen atoms in total. The van der Waals surface area contributed by atoms with E-state index in [1.165, 1.54) is 16.9 Å². The Kier molecular flexibility index (Phi) is 2.92. The molecule has 3 rings (SSSR count). The lowest BCUT2D eigenvalue weighted by Gasteiger charge is -2.11. The Morgan fingerprint density at radius 1 is 1.24 bits per heavy atom. The molecule has 1 atom stereocenters. The van der Waals surface area contributed by atoms with Gasteiger partial charge in [0, 0.05) is 0 Å². The van der Waals surface area contributed by atoms with Crippen LogP contribution in [0.1, 0.15) is 27.7 Å². The lowest BCUT2D eigenvalue weighted by Crippen LogP contribution is -1.99. The van der Waals surface area contributed by atoms with Gasteiger partial charge >= 0.3 is 0 Å². The van der Waals surface area contributed by atoms with Gasteiger partial charge in [-0.2, -0.15) is 0 Å². The van der Waals surface area contributed by atoms with Crippen molar-refractivity contribution in [3.8, 4) is 0 Å². The molecule has 2 heterocycles. The van der Waals surface area contributed by atoms with Gasteiger partial charge in [-0.3, -0.25) is 0 Å². The first-order chi connectivity index (χ1) is 8.25. The summed E-state index contributed by atoms with van der Waals surface area (Å²) in [5.74, 6) is 0. The van der Waals surface area contributed by atoms with E-state index in [0.717, 1.165) is 16.0 Å². The Balaban J connectivity index is 1.97. The molecule has 88 valence electrons. The summed E-state index contributed by atoms with van der Waals surface area (Å²) in [6, 6.07) is 7.76. The van der Waals surface area contributed by atoms with Gasteiger partial charge in [0.05, 0.1) is 23.1 Å². The average Bonchev–Trinajstić information content (AvgIpc) is 2.95. The van der Waals surface area contributed by atoms with Crippen molar-refractivity contribution in [2.75, 3.05) is 0 Å². The summed E-state index contributed by atoms with van der Waals surface area (Å²) in [5, 5.41) is 12.8. The quantitative estimate of drug-likeness (QED) is 0.901. The molecule has 1 N–H and O–H groups in total. The number of fused-ring (bicyclic) bond motifs is 1. The Morgan fingerprint density at radius 3 is 2.82 bits per heavy atom. The van der Waals surface area contributed by atoms with Crippen molar-refractivity contribution in [3.63, 3.8) is 0 Å². The van der Waals surface area contributed by atoms with Gasteiger partial charge in [0.25, 0.3) is 0 Å². The minimum atomic E-state index is -0.645. The van der Waals surface area contributed by atoms with Crippen LogP contribution in [-0.4, -0.2) is 5.11 Å². The molecule has 1 aliphatic rings. The Bertz CT molecular complexity index is 550.